The monoisotopic (exact) mass is 258 g/mol. The van der Waals surface area contributed by atoms with E-state index in [1.165, 1.54) is 16.8 Å². The van der Waals surface area contributed by atoms with Gasteiger partial charge in [0.1, 0.15) is 0 Å². The number of hydrogen-bond donors (Lipinski definition) is 0. The number of aryl methyl sites for hydroxylation is 2. The molecule has 2 rings (SSSR count). The van der Waals surface area contributed by atoms with Crippen LogP contribution in [0, 0.1) is 24.0 Å². The second kappa shape index (κ2) is 5.06. The van der Waals surface area contributed by atoms with Gasteiger partial charge in [0.2, 0.25) is 0 Å². The van der Waals surface area contributed by atoms with Crippen molar-refractivity contribution in [1.82, 2.24) is 4.57 Å². The maximum atomic E-state index is 12.0. The molecule has 0 aliphatic heterocycles. The van der Waals surface area contributed by atoms with Gasteiger partial charge < -0.3 is 4.57 Å². The van der Waals surface area contributed by atoms with E-state index in [4.69, 9.17) is 0 Å². The Morgan fingerprint density at radius 2 is 1.84 bits per heavy atom. The zero-order valence-corrected chi connectivity index (χ0v) is 10.8. The lowest BCUT2D eigenvalue weighted by Crippen LogP contribution is -2.22. The zero-order valence-electron chi connectivity index (χ0n) is 10.8. The van der Waals surface area contributed by atoms with Crippen molar-refractivity contribution in [2.75, 3.05) is 0 Å². The number of benzene rings is 1. The minimum Gasteiger partial charge on any atom is -0.304 e. The smallest absolute Gasteiger partial charge is 0.286 e. The lowest BCUT2D eigenvalue weighted by atomic mass is 10.1. The molecule has 0 aliphatic carbocycles. The highest BCUT2D eigenvalue weighted by molar-refractivity contribution is 5.31. The van der Waals surface area contributed by atoms with Crippen LogP contribution in [-0.2, 0) is 6.54 Å². The Balaban J connectivity index is 2.41. The van der Waals surface area contributed by atoms with E-state index in [2.05, 4.69) is 0 Å². The van der Waals surface area contributed by atoms with Crippen molar-refractivity contribution >= 4 is 5.69 Å². The van der Waals surface area contributed by atoms with Crippen LogP contribution in [0.2, 0.25) is 0 Å². The lowest BCUT2D eigenvalue weighted by molar-refractivity contribution is -0.385. The average Bonchev–Trinajstić information content (AvgIpc) is 2.37. The summed E-state index contributed by atoms with van der Waals surface area (Å²) in [6, 6.07) is 9.02. The van der Waals surface area contributed by atoms with Crippen LogP contribution < -0.4 is 5.56 Å². The number of nitro groups is 1. The molecule has 1 aromatic heterocycles. The van der Waals surface area contributed by atoms with Gasteiger partial charge >= 0.3 is 0 Å². The molecule has 0 bridgehead atoms. The molecule has 5 nitrogen and oxygen atoms in total. The van der Waals surface area contributed by atoms with Gasteiger partial charge in [-0.2, -0.15) is 0 Å². The third-order valence-electron chi connectivity index (χ3n) is 2.94. The molecule has 0 unspecified atom stereocenters. The summed E-state index contributed by atoms with van der Waals surface area (Å²) in [6.45, 7) is 3.90. The molecule has 2 aromatic rings. The van der Waals surface area contributed by atoms with Crippen molar-refractivity contribution in [1.29, 1.82) is 0 Å². The van der Waals surface area contributed by atoms with E-state index in [9.17, 15) is 14.9 Å². The van der Waals surface area contributed by atoms with Crippen LogP contribution in [0.5, 0.6) is 0 Å². The Bertz CT molecular complexity index is 672. The standard InChI is InChI=1S/C14H14N2O3/c1-10-3-5-12(6-4-10)8-15-9-13(16(18)19)7-11(2)14(15)17/h3-7,9H,8H2,1-2H3. The van der Waals surface area contributed by atoms with Gasteiger partial charge in [-0.15, -0.1) is 0 Å². The van der Waals surface area contributed by atoms with Crippen molar-refractivity contribution in [3.05, 3.63) is 73.7 Å². The van der Waals surface area contributed by atoms with Gasteiger partial charge in [0.15, 0.2) is 0 Å². The highest BCUT2D eigenvalue weighted by Gasteiger charge is 2.11. The molecule has 98 valence electrons. The van der Waals surface area contributed by atoms with Gasteiger partial charge in [-0.1, -0.05) is 29.8 Å². The fourth-order valence-electron chi connectivity index (χ4n) is 1.87. The molecule has 0 N–H and O–H groups in total. The zero-order chi connectivity index (χ0) is 14.0. The maximum absolute atomic E-state index is 12.0. The summed E-state index contributed by atoms with van der Waals surface area (Å²) in [6.07, 6.45) is 1.29. The normalized spacial score (nSPS) is 10.4. The first-order chi connectivity index (χ1) is 8.97. The molecule has 0 spiro atoms. The largest absolute Gasteiger partial charge is 0.304 e. The fraction of sp³-hybridized carbons (Fsp3) is 0.214. The van der Waals surface area contributed by atoms with Crippen LogP contribution in [0.25, 0.3) is 0 Å². The fourth-order valence-corrected chi connectivity index (χ4v) is 1.87. The lowest BCUT2D eigenvalue weighted by Gasteiger charge is -2.07. The predicted octanol–water partition coefficient (Wildman–Crippen LogP) is 2.42. The first-order valence-electron chi connectivity index (χ1n) is 5.88. The SMILES string of the molecule is Cc1ccc(Cn2cc([N+](=O)[O-])cc(C)c2=O)cc1. The molecule has 0 amide bonds. The molecule has 19 heavy (non-hydrogen) atoms. The Labute approximate surface area is 110 Å². The third kappa shape index (κ3) is 2.88. The molecular weight excluding hydrogens is 244 g/mol. The topological polar surface area (TPSA) is 65.1 Å². The molecule has 0 saturated heterocycles. The first kappa shape index (κ1) is 13.0. The quantitative estimate of drug-likeness (QED) is 0.627. The Morgan fingerprint density at radius 3 is 2.42 bits per heavy atom. The summed E-state index contributed by atoms with van der Waals surface area (Å²) in [4.78, 5) is 22.3. The molecule has 0 atom stereocenters. The summed E-state index contributed by atoms with van der Waals surface area (Å²) in [5.74, 6) is 0. The molecular formula is C14H14N2O3. The van der Waals surface area contributed by atoms with E-state index >= 15 is 0 Å². The summed E-state index contributed by atoms with van der Waals surface area (Å²) in [7, 11) is 0. The van der Waals surface area contributed by atoms with Crippen LogP contribution in [0.15, 0.2) is 41.3 Å². The Kier molecular flexibility index (Phi) is 3.46. The van der Waals surface area contributed by atoms with Crippen molar-refractivity contribution in [3.63, 3.8) is 0 Å². The van der Waals surface area contributed by atoms with Crippen molar-refractivity contribution < 1.29 is 4.92 Å². The van der Waals surface area contributed by atoms with Gasteiger partial charge in [0, 0.05) is 11.6 Å². The highest BCUT2D eigenvalue weighted by atomic mass is 16.6. The van der Waals surface area contributed by atoms with Gasteiger partial charge in [0.25, 0.3) is 11.2 Å². The van der Waals surface area contributed by atoms with E-state index in [1.807, 2.05) is 31.2 Å². The number of aromatic nitrogens is 1. The molecule has 0 radical (unpaired) electrons. The maximum Gasteiger partial charge on any atom is 0.286 e. The minimum atomic E-state index is -0.488. The first-order valence-corrected chi connectivity index (χ1v) is 5.88. The molecule has 0 aliphatic rings. The van der Waals surface area contributed by atoms with Crippen molar-refractivity contribution in [2.24, 2.45) is 0 Å². The summed E-state index contributed by atoms with van der Waals surface area (Å²) in [5.41, 5.74) is 2.18. The van der Waals surface area contributed by atoms with Crippen LogP contribution in [0.1, 0.15) is 16.7 Å². The van der Waals surface area contributed by atoms with Gasteiger partial charge in [-0.05, 0) is 19.4 Å². The van der Waals surface area contributed by atoms with E-state index < -0.39 is 4.92 Å². The molecule has 5 heteroatoms. The average molecular weight is 258 g/mol. The summed E-state index contributed by atoms with van der Waals surface area (Å²) in [5, 5.41) is 10.8. The molecule has 1 heterocycles. The third-order valence-corrected chi connectivity index (χ3v) is 2.94. The highest BCUT2D eigenvalue weighted by Crippen LogP contribution is 2.11. The van der Waals surface area contributed by atoms with Gasteiger partial charge in [0.05, 0.1) is 17.7 Å². The van der Waals surface area contributed by atoms with E-state index in [0.29, 0.717) is 12.1 Å². The van der Waals surface area contributed by atoms with Gasteiger partial charge in [-0.25, -0.2) is 0 Å². The van der Waals surface area contributed by atoms with E-state index in [-0.39, 0.29) is 11.2 Å². The number of pyridine rings is 1. The van der Waals surface area contributed by atoms with Crippen LogP contribution >= 0.6 is 0 Å². The van der Waals surface area contributed by atoms with Crippen LogP contribution in [0.4, 0.5) is 5.69 Å². The predicted molar refractivity (Wildman–Crippen MR) is 72.4 cm³/mol. The molecule has 0 fully saturated rings. The Hall–Kier alpha value is -2.43. The second-order valence-electron chi connectivity index (χ2n) is 4.56. The number of nitrogens with zero attached hydrogens (tertiary/aromatic N) is 2. The second-order valence-corrected chi connectivity index (χ2v) is 4.56. The van der Waals surface area contributed by atoms with Crippen molar-refractivity contribution in [2.45, 2.75) is 20.4 Å². The minimum absolute atomic E-state index is 0.0655. The number of hydrogen-bond acceptors (Lipinski definition) is 3. The number of rotatable bonds is 3. The van der Waals surface area contributed by atoms with E-state index in [1.54, 1.807) is 6.92 Å². The summed E-state index contributed by atoms with van der Waals surface area (Å²) < 4.78 is 1.37. The van der Waals surface area contributed by atoms with Gasteiger partial charge in [-0.3, -0.25) is 14.9 Å². The van der Waals surface area contributed by atoms with Crippen molar-refractivity contribution in [3.8, 4) is 0 Å². The van der Waals surface area contributed by atoms with Crippen LogP contribution in [0.3, 0.4) is 0 Å². The Morgan fingerprint density at radius 1 is 1.21 bits per heavy atom. The van der Waals surface area contributed by atoms with Crippen LogP contribution in [-0.4, -0.2) is 9.49 Å². The molecule has 1 aromatic carbocycles. The van der Waals surface area contributed by atoms with E-state index in [0.717, 1.165) is 11.1 Å². The summed E-state index contributed by atoms with van der Waals surface area (Å²) >= 11 is 0. The molecule has 0 saturated carbocycles.